The fourth-order valence-corrected chi connectivity index (χ4v) is 2.40. The summed E-state index contributed by atoms with van der Waals surface area (Å²) in [6.45, 7) is 4.20. The number of hydrogen-bond acceptors (Lipinski definition) is 4. The van der Waals surface area contributed by atoms with E-state index in [-0.39, 0.29) is 5.91 Å². The second-order valence-corrected chi connectivity index (χ2v) is 5.02. The Morgan fingerprint density at radius 2 is 1.92 bits per heavy atom. The first kappa shape index (κ1) is 17.6. The Balaban J connectivity index is 2.47. The van der Waals surface area contributed by atoms with Gasteiger partial charge in [-0.2, -0.15) is 0 Å². The van der Waals surface area contributed by atoms with Gasteiger partial charge in [0.05, 0.1) is 26.5 Å². The van der Waals surface area contributed by atoms with Gasteiger partial charge in [0.1, 0.15) is 0 Å². The largest absolute Gasteiger partial charge is 0.493 e. The van der Waals surface area contributed by atoms with Crippen molar-refractivity contribution in [1.82, 2.24) is 0 Å². The number of carbonyl (C=O) groups is 1. The van der Waals surface area contributed by atoms with Crippen LogP contribution >= 0.6 is 0 Å². The second kappa shape index (κ2) is 8.17. The fraction of sp³-hybridized carbons (Fsp3) is 0.211. The Bertz CT molecular complexity index is 729. The van der Waals surface area contributed by atoms with Crippen LogP contribution in [0.5, 0.6) is 11.5 Å². The lowest BCUT2D eigenvalue weighted by atomic mass is 10.0. The minimum atomic E-state index is -0.171. The molecular formula is C19H21NO4. The van der Waals surface area contributed by atoms with Gasteiger partial charge >= 0.3 is 0 Å². The Hall–Kier alpha value is -2.79. The summed E-state index contributed by atoms with van der Waals surface area (Å²) in [6.07, 6.45) is 9.05. The number of methoxy groups -OCH3 is 3. The smallest absolute Gasteiger partial charge is 0.256 e. The van der Waals surface area contributed by atoms with E-state index in [4.69, 9.17) is 14.2 Å². The number of carbonyl (C=O) groups excluding carboxylic acids is 1. The number of anilines is 1. The standard InChI is InChI=1S/C19H21NO4/c1-5-7-13(8-6-9-22-2)10-15-14-11-17(23-3)18(24-4)12-16(14)20-19(15)21/h5-8,10-12H,1,9H2,2-4H3,(H,20,21)/b8-6-,13-7+,15-10-. The van der Waals surface area contributed by atoms with E-state index in [0.29, 0.717) is 29.4 Å². The highest BCUT2D eigenvalue weighted by atomic mass is 16.5. The summed E-state index contributed by atoms with van der Waals surface area (Å²) < 4.78 is 15.6. The van der Waals surface area contributed by atoms with Crippen molar-refractivity contribution in [1.29, 1.82) is 0 Å². The molecule has 0 bridgehead atoms. The molecule has 0 saturated carbocycles. The summed E-state index contributed by atoms with van der Waals surface area (Å²) in [6, 6.07) is 3.55. The molecule has 24 heavy (non-hydrogen) atoms. The van der Waals surface area contributed by atoms with Crippen LogP contribution in [-0.4, -0.2) is 33.8 Å². The zero-order valence-corrected chi connectivity index (χ0v) is 14.1. The molecule has 1 aromatic rings. The summed E-state index contributed by atoms with van der Waals surface area (Å²) in [5, 5.41) is 2.84. The van der Waals surface area contributed by atoms with E-state index in [2.05, 4.69) is 11.9 Å². The van der Waals surface area contributed by atoms with Crippen LogP contribution in [0.25, 0.3) is 5.57 Å². The van der Waals surface area contributed by atoms with Crippen molar-refractivity contribution in [2.75, 3.05) is 33.3 Å². The maximum Gasteiger partial charge on any atom is 0.256 e. The summed E-state index contributed by atoms with van der Waals surface area (Å²) in [5.41, 5.74) is 2.87. The van der Waals surface area contributed by atoms with E-state index in [0.717, 1.165) is 11.1 Å². The molecule has 1 N–H and O–H groups in total. The first-order valence-corrected chi connectivity index (χ1v) is 7.42. The number of fused-ring (bicyclic) bond motifs is 1. The van der Waals surface area contributed by atoms with Gasteiger partial charge in [0.15, 0.2) is 11.5 Å². The summed E-state index contributed by atoms with van der Waals surface area (Å²) in [5.74, 6) is 0.970. The SMILES string of the molecule is C=C/C=C(\C=C/COC)/C=C1\C(=O)Nc2cc(OC)c(OC)cc21. The fourth-order valence-electron chi connectivity index (χ4n) is 2.40. The molecule has 0 fully saturated rings. The summed E-state index contributed by atoms with van der Waals surface area (Å²) in [4.78, 5) is 12.3. The molecule has 126 valence electrons. The highest BCUT2D eigenvalue weighted by molar-refractivity contribution is 6.32. The van der Waals surface area contributed by atoms with E-state index in [1.165, 1.54) is 0 Å². The lowest BCUT2D eigenvalue weighted by Gasteiger charge is -2.09. The molecule has 0 radical (unpaired) electrons. The molecule has 0 atom stereocenters. The number of hydrogen-bond donors (Lipinski definition) is 1. The number of ether oxygens (including phenoxy) is 3. The second-order valence-electron chi connectivity index (χ2n) is 5.02. The molecule has 0 spiro atoms. The quantitative estimate of drug-likeness (QED) is 0.616. The minimum absolute atomic E-state index is 0.171. The molecule has 1 aromatic carbocycles. The Labute approximate surface area is 141 Å². The highest BCUT2D eigenvalue weighted by Gasteiger charge is 2.26. The van der Waals surface area contributed by atoms with Crippen LogP contribution in [0.2, 0.25) is 0 Å². The number of allylic oxidation sites excluding steroid dienone is 5. The van der Waals surface area contributed by atoms with Crippen molar-refractivity contribution in [3.8, 4) is 11.5 Å². The molecule has 0 aromatic heterocycles. The van der Waals surface area contributed by atoms with Gasteiger partial charge in [-0.25, -0.2) is 0 Å². The van der Waals surface area contributed by atoms with Crippen LogP contribution in [0.1, 0.15) is 5.56 Å². The van der Waals surface area contributed by atoms with Crippen molar-refractivity contribution in [2.24, 2.45) is 0 Å². The van der Waals surface area contributed by atoms with Gasteiger partial charge in [-0.1, -0.05) is 30.9 Å². The number of nitrogens with one attached hydrogen (secondary N) is 1. The van der Waals surface area contributed by atoms with E-state index in [9.17, 15) is 4.79 Å². The van der Waals surface area contributed by atoms with Crippen LogP contribution < -0.4 is 14.8 Å². The van der Waals surface area contributed by atoms with Gasteiger partial charge in [0.2, 0.25) is 0 Å². The molecule has 5 nitrogen and oxygen atoms in total. The molecule has 5 heteroatoms. The predicted molar refractivity (Wildman–Crippen MR) is 95.4 cm³/mol. The van der Waals surface area contributed by atoms with E-state index >= 15 is 0 Å². The maximum atomic E-state index is 12.3. The zero-order valence-electron chi connectivity index (χ0n) is 14.1. The molecule has 1 aliphatic heterocycles. The third-order valence-corrected chi connectivity index (χ3v) is 3.50. The Morgan fingerprint density at radius 3 is 2.54 bits per heavy atom. The molecule has 0 aliphatic carbocycles. The Kier molecular flexibility index (Phi) is 5.98. The highest BCUT2D eigenvalue weighted by Crippen LogP contribution is 2.40. The lowest BCUT2D eigenvalue weighted by Crippen LogP contribution is -2.03. The zero-order chi connectivity index (χ0) is 17.5. The number of rotatable bonds is 7. The van der Waals surface area contributed by atoms with Gasteiger partial charge in [-0.3, -0.25) is 4.79 Å². The van der Waals surface area contributed by atoms with Crippen molar-refractivity contribution < 1.29 is 19.0 Å². The van der Waals surface area contributed by atoms with E-state index in [1.807, 2.05) is 18.2 Å². The molecule has 1 amide bonds. The van der Waals surface area contributed by atoms with Crippen LogP contribution in [0.15, 0.2) is 54.7 Å². The van der Waals surface area contributed by atoms with Crippen molar-refractivity contribution in [3.63, 3.8) is 0 Å². The van der Waals surface area contributed by atoms with Gasteiger partial charge in [0, 0.05) is 24.3 Å². The number of amides is 1. The lowest BCUT2D eigenvalue weighted by molar-refractivity contribution is -0.110. The molecule has 2 rings (SSSR count). The molecular weight excluding hydrogens is 306 g/mol. The van der Waals surface area contributed by atoms with Crippen LogP contribution in [0.3, 0.4) is 0 Å². The average molecular weight is 327 g/mol. The minimum Gasteiger partial charge on any atom is -0.493 e. The normalized spacial score (nSPS) is 15.5. The third-order valence-electron chi connectivity index (χ3n) is 3.50. The van der Waals surface area contributed by atoms with Gasteiger partial charge < -0.3 is 19.5 Å². The van der Waals surface area contributed by atoms with Gasteiger partial charge in [0.25, 0.3) is 5.91 Å². The van der Waals surface area contributed by atoms with Gasteiger partial charge in [-0.05, 0) is 17.7 Å². The topological polar surface area (TPSA) is 56.8 Å². The van der Waals surface area contributed by atoms with Gasteiger partial charge in [-0.15, -0.1) is 0 Å². The molecule has 1 aliphatic rings. The molecule has 0 unspecified atom stereocenters. The van der Waals surface area contributed by atoms with Crippen LogP contribution in [-0.2, 0) is 9.53 Å². The summed E-state index contributed by atoms with van der Waals surface area (Å²) in [7, 11) is 4.75. The maximum absolute atomic E-state index is 12.3. The average Bonchev–Trinajstić information content (AvgIpc) is 2.88. The molecule has 0 saturated heterocycles. The third kappa shape index (κ3) is 3.75. The first-order chi connectivity index (χ1) is 11.6. The Morgan fingerprint density at radius 1 is 1.21 bits per heavy atom. The monoisotopic (exact) mass is 327 g/mol. The van der Waals surface area contributed by atoms with Crippen LogP contribution in [0, 0.1) is 0 Å². The molecule has 1 heterocycles. The van der Waals surface area contributed by atoms with Crippen molar-refractivity contribution in [2.45, 2.75) is 0 Å². The first-order valence-electron chi connectivity index (χ1n) is 7.42. The van der Waals surface area contributed by atoms with Crippen LogP contribution in [0.4, 0.5) is 5.69 Å². The van der Waals surface area contributed by atoms with E-state index in [1.54, 1.807) is 45.6 Å². The predicted octanol–water partition coefficient (Wildman–Crippen LogP) is 3.35. The summed E-state index contributed by atoms with van der Waals surface area (Å²) >= 11 is 0. The van der Waals surface area contributed by atoms with E-state index < -0.39 is 0 Å². The number of benzene rings is 1. The van der Waals surface area contributed by atoms with Crippen molar-refractivity contribution >= 4 is 17.2 Å². The van der Waals surface area contributed by atoms with Crippen molar-refractivity contribution in [3.05, 3.63) is 60.2 Å².